The Labute approximate surface area is 175 Å². The number of hydrogen-bond donors (Lipinski definition) is 1. The van der Waals surface area contributed by atoms with Gasteiger partial charge in [0.25, 0.3) is 5.92 Å². The predicted octanol–water partition coefficient (Wildman–Crippen LogP) is 4.59. The molecule has 1 saturated heterocycles. The van der Waals surface area contributed by atoms with Gasteiger partial charge < -0.3 is 10.1 Å². The maximum Gasteiger partial charge on any atom is 0.434 e. The molecule has 0 spiro atoms. The molecule has 3 rings (SSSR count). The minimum Gasteiger partial charge on any atom is -0.445 e. The fourth-order valence-electron chi connectivity index (χ4n) is 3.43. The number of piperidine rings is 1. The van der Waals surface area contributed by atoms with Gasteiger partial charge in [0.05, 0.1) is 25.0 Å². The van der Waals surface area contributed by atoms with Crippen molar-refractivity contribution in [3.63, 3.8) is 0 Å². The Morgan fingerprint density at radius 1 is 1.23 bits per heavy atom. The van der Waals surface area contributed by atoms with Gasteiger partial charge >= 0.3 is 12.3 Å². The third-order valence-electron chi connectivity index (χ3n) is 4.95. The molecule has 1 fully saturated rings. The SMILES string of the molecule is CC1CC(F)(F)CN(C(=O)OCc2ccccc2)C1CNc1cnc(C(F)(F)F)cn1. The lowest BCUT2D eigenvalue weighted by Crippen LogP contribution is -2.57. The fraction of sp³-hybridized carbons (Fsp3) is 0.450. The molecular weight excluding hydrogens is 423 g/mol. The van der Waals surface area contributed by atoms with E-state index in [1.807, 2.05) is 0 Å². The van der Waals surface area contributed by atoms with Gasteiger partial charge in [-0.05, 0) is 11.5 Å². The molecule has 1 amide bonds. The molecule has 31 heavy (non-hydrogen) atoms. The molecule has 1 aliphatic rings. The number of rotatable bonds is 5. The summed E-state index contributed by atoms with van der Waals surface area (Å²) in [5, 5.41) is 2.77. The molecule has 1 aromatic carbocycles. The number of ether oxygens (including phenoxy) is 1. The first kappa shape index (κ1) is 22.7. The molecule has 2 aromatic rings. The summed E-state index contributed by atoms with van der Waals surface area (Å²) in [4.78, 5) is 20.5. The Kier molecular flexibility index (Phi) is 6.61. The lowest BCUT2D eigenvalue weighted by Gasteiger charge is -2.42. The minimum absolute atomic E-state index is 0.00225. The van der Waals surface area contributed by atoms with E-state index < -0.39 is 48.8 Å². The van der Waals surface area contributed by atoms with Gasteiger partial charge in [-0.3, -0.25) is 4.90 Å². The van der Waals surface area contributed by atoms with Crippen LogP contribution in [-0.4, -0.2) is 46.0 Å². The number of nitrogens with one attached hydrogen (secondary N) is 1. The first-order chi connectivity index (χ1) is 14.5. The topological polar surface area (TPSA) is 67.3 Å². The number of hydrogen-bond acceptors (Lipinski definition) is 5. The van der Waals surface area contributed by atoms with Crippen molar-refractivity contribution in [2.45, 2.75) is 38.1 Å². The zero-order valence-corrected chi connectivity index (χ0v) is 16.6. The van der Waals surface area contributed by atoms with Crippen LogP contribution < -0.4 is 5.32 Å². The van der Waals surface area contributed by atoms with Crippen LogP contribution in [0, 0.1) is 5.92 Å². The number of carbonyl (C=O) groups excluding carboxylic acids is 1. The van der Waals surface area contributed by atoms with Crippen LogP contribution in [0.4, 0.5) is 32.6 Å². The Balaban J connectivity index is 1.67. The third-order valence-corrected chi connectivity index (χ3v) is 4.95. The van der Waals surface area contributed by atoms with E-state index >= 15 is 0 Å². The van der Waals surface area contributed by atoms with Crippen molar-refractivity contribution in [2.75, 3.05) is 18.4 Å². The first-order valence-electron chi connectivity index (χ1n) is 9.53. The molecule has 168 valence electrons. The van der Waals surface area contributed by atoms with E-state index in [9.17, 15) is 26.7 Å². The van der Waals surface area contributed by atoms with Gasteiger partial charge in [-0.2, -0.15) is 13.2 Å². The van der Waals surface area contributed by atoms with E-state index in [-0.39, 0.29) is 19.0 Å². The number of likely N-dealkylation sites (tertiary alicyclic amines) is 1. The van der Waals surface area contributed by atoms with E-state index in [0.29, 0.717) is 11.8 Å². The lowest BCUT2D eigenvalue weighted by atomic mass is 9.89. The predicted molar refractivity (Wildman–Crippen MR) is 101 cm³/mol. The summed E-state index contributed by atoms with van der Waals surface area (Å²) in [6.07, 6.45) is -4.45. The zero-order valence-electron chi connectivity index (χ0n) is 16.6. The van der Waals surface area contributed by atoms with Crippen LogP contribution in [0.3, 0.4) is 0 Å². The molecule has 2 unspecified atom stereocenters. The van der Waals surface area contributed by atoms with Crippen molar-refractivity contribution in [1.82, 2.24) is 14.9 Å². The average molecular weight is 444 g/mol. The largest absolute Gasteiger partial charge is 0.445 e. The summed E-state index contributed by atoms with van der Waals surface area (Å²) in [5.41, 5.74) is -0.433. The molecule has 6 nitrogen and oxygen atoms in total. The highest BCUT2D eigenvalue weighted by Crippen LogP contribution is 2.35. The molecule has 1 aromatic heterocycles. The highest BCUT2D eigenvalue weighted by Gasteiger charge is 2.46. The van der Waals surface area contributed by atoms with Gasteiger partial charge in [-0.1, -0.05) is 37.3 Å². The summed E-state index contributed by atoms with van der Waals surface area (Å²) in [6.45, 7) is 0.698. The molecule has 2 atom stereocenters. The number of alkyl halides is 5. The number of amides is 1. The molecule has 0 bridgehead atoms. The summed E-state index contributed by atoms with van der Waals surface area (Å²) >= 11 is 0. The maximum atomic E-state index is 14.1. The summed E-state index contributed by atoms with van der Waals surface area (Å²) in [6, 6.07) is 8.12. The molecule has 0 aliphatic carbocycles. The summed E-state index contributed by atoms with van der Waals surface area (Å²) < 4.78 is 71.3. The molecule has 0 saturated carbocycles. The van der Waals surface area contributed by atoms with Crippen molar-refractivity contribution in [2.24, 2.45) is 5.92 Å². The Hall–Kier alpha value is -2.98. The van der Waals surface area contributed by atoms with Gasteiger partial charge in [-0.15, -0.1) is 0 Å². The second-order valence-corrected chi connectivity index (χ2v) is 7.44. The second kappa shape index (κ2) is 9.03. The average Bonchev–Trinajstić information content (AvgIpc) is 2.71. The molecule has 1 aliphatic heterocycles. The Morgan fingerprint density at radius 3 is 2.55 bits per heavy atom. The van der Waals surface area contributed by atoms with E-state index in [0.717, 1.165) is 11.1 Å². The molecular formula is C20H21F5N4O2. The van der Waals surface area contributed by atoms with Crippen molar-refractivity contribution >= 4 is 11.9 Å². The normalized spacial score (nSPS) is 20.9. The van der Waals surface area contributed by atoms with E-state index in [4.69, 9.17) is 4.74 Å². The van der Waals surface area contributed by atoms with Gasteiger partial charge in [-0.25, -0.2) is 23.5 Å². The zero-order chi connectivity index (χ0) is 22.6. The van der Waals surface area contributed by atoms with Gasteiger partial charge in [0.15, 0.2) is 5.69 Å². The van der Waals surface area contributed by atoms with Gasteiger partial charge in [0.1, 0.15) is 12.4 Å². The second-order valence-electron chi connectivity index (χ2n) is 7.44. The number of aromatic nitrogens is 2. The van der Waals surface area contributed by atoms with Crippen LogP contribution in [0.5, 0.6) is 0 Å². The third kappa shape index (κ3) is 6.02. The van der Waals surface area contributed by atoms with Gasteiger partial charge in [0.2, 0.25) is 0 Å². The van der Waals surface area contributed by atoms with Crippen molar-refractivity contribution < 1.29 is 31.5 Å². The highest BCUT2D eigenvalue weighted by molar-refractivity contribution is 5.68. The van der Waals surface area contributed by atoms with Crippen LogP contribution in [-0.2, 0) is 17.5 Å². The standard InChI is InChI=1S/C20H21F5N4O2/c1-13-7-19(21,22)12-29(18(30)31-11-14-5-3-2-4-6-14)15(13)8-27-17-10-26-16(9-28-17)20(23,24)25/h2-6,9-10,13,15H,7-8,11-12H2,1H3,(H,27,28). The first-order valence-corrected chi connectivity index (χ1v) is 9.53. The molecule has 2 heterocycles. The lowest BCUT2D eigenvalue weighted by molar-refractivity contribution is -0.141. The fourth-order valence-corrected chi connectivity index (χ4v) is 3.43. The maximum absolute atomic E-state index is 14.1. The number of halogens is 5. The number of benzene rings is 1. The molecule has 11 heteroatoms. The number of nitrogens with zero attached hydrogens (tertiary/aromatic N) is 3. The summed E-state index contributed by atoms with van der Waals surface area (Å²) in [7, 11) is 0. The number of carbonyl (C=O) groups is 1. The van der Waals surface area contributed by atoms with Crippen LogP contribution in [0.2, 0.25) is 0 Å². The van der Waals surface area contributed by atoms with Crippen LogP contribution in [0.1, 0.15) is 24.6 Å². The Bertz CT molecular complexity index is 877. The highest BCUT2D eigenvalue weighted by atomic mass is 19.4. The number of anilines is 1. The van der Waals surface area contributed by atoms with Gasteiger partial charge in [0, 0.05) is 13.0 Å². The smallest absolute Gasteiger partial charge is 0.434 e. The van der Waals surface area contributed by atoms with E-state index in [1.165, 1.54) is 0 Å². The summed E-state index contributed by atoms with van der Waals surface area (Å²) in [5.74, 6) is -3.63. The van der Waals surface area contributed by atoms with Crippen LogP contribution in [0.25, 0.3) is 0 Å². The van der Waals surface area contributed by atoms with E-state index in [1.54, 1.807) is 37.3 Å². The van der Waals surface area contributed by atoms with Crippen molar-refractivity contribution in [3.05, 3.63) is 54.0 Å². The minimum atomic E-state index is -4.62. The van der Waals surface area contributed by atoms with Crippen molar-refractivity contribution in [3.8, 4) is 0 Å². The molecule has 1 N–H and O–H groups in total. The van der Waals surface area contributed by atoms with Crippen molar-refractivity contribution in [1.29, 1.82) is 0 Å². The van der Waals surface area contributed by atoms with E-state index in [2.05, 4.69) is 15.3 Å². The monoisotopic (exact) mass is 444 g/mol. The van der Waals surface area contributed by atoms with Crippen LogP contribution >= 0.6 is 0 Å². The van der Waals surface area contributed by atoms with Crippen LogP contribution in [0.15, 0.2) is 42.7 Å². The molecule has 0 radical (unpaired) electrons. The Morgan fingerprint density at radius 2 is 1.94 bits per heavy atom. The quantitative estimate of drug-likeness (QED) is 0.684.